The Morgan fingerprint density at radius 2 is 0.571 bits per heavy atom. The second-order valence-electron chi connectivity index (χ2n) is 25.2. The van der Waals surface area contributed by atoms with E-state index in [-0.39, 0.29) is 25.7 Å². The number of carbonyl (C=O) groups excluding carboxylic acids is 4. The number of phosphoric ester groups is 2. The summed E-state index contributed by atoms with van der Waals surface area (Å²) < 4.78 is 68.0. The zero-order chi connectivity index (χ0) is 62.5. The lowest BCUT2D eigenvalue weighted by atomic mass is 10.00. The van der Waals surface area contributed by atoms with Gasteiger partial charge in [0.2, 0.25) is 0 Å². The van der Waals surface area contributed by atoms with Gasteiger partial charge in [-0.1, -0.05) is 261 Å². The maximum Gasteiger partial charge on any atom is 0.472 e. The zero-order valence-electron chi connectivity index (χ0n) is 54.5. The normalized spacial score (nSPS) is 14.7. The molecule has 17 nitrogen and oxygen atoms in total. The van der Waals surface area contributed by atoms with Crippen LogP contribution in [0.4, 0.5) is 0 Å². The maximum absolute atomic E-state index is 13.0. The van der Waals surface area contributed by atoms with Crippen molar-refractivity contribution in [3.63, 3.8) is 0 Å². The average Bonchev–Trinajstić information content (AvgIpc) is 3.46. The molecule has 0 aromatic rings. The summed E-state index contributed by atoms with van der Waals surface area (Å²) in [6, 6.07) is 0. The Morgan fingerprint density at radius 3 is 0.845 bits per heavy atom. The van der Waals surface area contributed by atoms with E-state index in [1.807, 2.05) is 0 Å². The topological polar surface area (TPSA) is 237 Å². The lowest BCUT2D eigenvalue weighted by Gasteiger charge is -2.21. The molecule has 0 aromatic carbocycles. The number of esters is 4. The van der Waals surface area contributed by atoms with E-state index >= 15 is 0 Å². The second-order valence-corrected chi connectivity index (χ2v) is 28.1. The molecule has 498 valence electrons. The van der Waals surface area contributed by atoms with Crippen molar-refractivity contribution in [3.05, 3.63) is 0 Å². The fourth-order valence-corrected chi connectivity index (χ4v) is 11.2. The van der Waals surface area contributed by atoms with E-state index in [1.54, 1.807) is 0 Å². The quantitative estimate of drug-likeness (QED) is 0.0222. The van der Waals surface area contributed by atoms with Crippen LogP contribution in [0.1, 0.15) is 312 Å². The Kier molecular flexibility index (Phi) is 53.9. The molecule has 0 radical (unpaired) electrons. The molecule has 0 aliphatic carbocycles. The largest absolute Gasteiger partial charge is 0.472 e. The van der Waals surface area contributed by atoms with Gasteiger partial charge in [-0.05, 0) is 49.4 Å². The number of aliphatic hydroxyl groups is 1. The average molecular weight is 1240 g/mol. The predicted octanol–water partition coefficient (Wildman–Crippen LogP) is 17.8. The van der Waals surface area contributed by atoms with E-state index in [9.17, 15) is 43.2 Å². The number of unbranched alkanes of at least 4 members (excludes halogenated alkanes) is 27. The first kappa shape index (κ1) is 82.1. The summed E-state index contributed by atoms with van der Waals surface area (Å²) in [6.45, 7) is 14.0. The molecular weight excluding hydrogens is 1110 g/mol. The van der Waals surface area contributed by atoms with Gasteiger partial charge in [0.25, 0.3) is 0 Å². The Morgan fingerprint density at radius 1 is 0.333 bits per heavy atom. The van der Waals surface area contributed by atoms with Crippen molar-refractivity contribution in [2.75, 3.05) is 39.6 Å². The molecule has 0 saturated carbocycles. The zero-order valence-corrected chi connectivity index (χ0v) is 56.3. The Hall–Kier alpha value is -1.94. The van der Waals surface area contributed by atoms with Crippen LogP contribution < -0.4 is 0 Å². The van der Waals surface area contributed by atoms with Crippen molar-refractivity contribution in [2.24, 2.45) is 23.7 Å². The third-order valence-corrected chi connectivity index (χ3v) is 17.1. The van der Waals surface area contributed by atoms with Gasteiger partial charge in [-0.25, -0.2) is 9.13 Å². The summed E-state index contributed by atoms with van der Waals surface area (Å²) in [7, 11) is -9.89. The second kappa shape index (κ2) is 55.2. The van der Waals surface area contributed by atoms with E-state index in [0.717, 1.165) is 114 Å². The minimum absolute atomic E-state index is 0.102. The molecular formula is C65H126O17P2. The monoisotopic (exact) mass is 1240 g/mol. The van der Waals surface area contributed by atoms with E-state index in [1.165, 1.54) is 109 Å². The van der Waals surface area contributed by atoms with Crippen molar-refractivity contribution in [2.45, 2.75) is 331 Å². The van der Waals surface area contributed by atoms with Crippen LogP contribution in [0, 0.1) is 23.7 Å². The van der Waals surface area contributed by atoms with Gasteiger partial charge < -0.3 is 33.8 Å². The molecule has 0 rings (SSSR count). The minimum atomic E-state index is -4.95. The summed E-state index contributed by atoms with van der Waals surface area (Å²) in [6.07, 6.45) is 35.0. The number of ether oxygens (including phenoxy) is 4. The number of aliphatic hydroxyl groups excluding tert-OH is 1. The van der Waals surface area contributed by atoms with Gasteiger partial charge >= 0.3 is 39.5 Å². The predicted molar refractivity (Wildman–Crippen MR) is 335 cm³/mol. The summed E-state index contributed by atoms with van der Waals surface area (Å²) in [5.41, 5.74) is 0. The van der Waals surface area contributed by atoms with E-state index in [4.69, 9.17) is 37.0 Å². The summed E-state index contributed by atoms with van der Waals surface area (Å²) in [4.78, 5) is 72.3. The van der Waals surface area contributed by atoms with Gasteiger partial charge in [-0.15, -0.1) is 0 Å². The molecule has 0 saturated heterocycles. The van der Waals surface area contributed by atoms with Gasteiger partial charge in [-0.2, -0.15) is 0 Å². The number of carbonyl (C=O) groups is 4. The number of phosphoric acid groups is 2. The van der Waals surface area contributed by atoms with Crippen molar-refractivity contribution < 1.29 is 80.2 Å². The third-order valence-electron chi connectivity index (χ3n) is 15.2. The number of hydrogen-bond donors (Lipinski definition) is 3. The SMILES string of the molecule is CCC(C)CCCCCCCCC(=O)OC[C@H](COP(=O)(O)OC[C@H](O)COP(=O)(O)OC[C@@H](COC(=O)CCCCCCCCCCCC(C)C)OC(=O)CCCCCCCCCC(C)C)OC(=O)CCCCCCCCCCCC(C)C. The highest BCUT2D eigenvalue weighted by atomic mass is 31.2. The molecule has 0 heterocycles. The van der Waals surface area contributed by atoms with Crippen LogP contribution in [-0.2, 0) is 65.4 Å². The van der Waals surface area contributed by atoms with Crippen LogP contribution in [0.5, 0.6) is 0 Å². The molecule has 0 aromatic heterocycles. The first-order valence-corrected chi connectivity index (χ1v) is 36.7. The molecule has 3 unspecified atom stereocenters. The lowest BCUT2D eigenvalue weighted by Crippen LogP contribution is -2.30. The molecule has 6 atom stereocenters. The molecule has 19 heteroatoms. The highest BCUT2D eigenvalue weighted by Crippen LogP contribution is 2.45. The van der Waals surface area contributed by atoms with Gasteiger partial charge in [0.15, 0.2) is 12.2 Å². The Balaban J connectivity index is 5.26. The summed E-state index contributed by atoms with van der Waals surface area (Å²) >= 11 is 0. The summed E-state index contributed by atoms with van der Waals surface area (Å²) in [5.74, 6) is 0.767. The fraction of sp³-hybridized carbons (Fsp3) is 0.938. The Bertz CT molecular complexity index is 1680. The molecule has 0 amide bonds. The minimum Gasteiger partial charge on any atom is -0.462 e. The number of hydrogen-bond acceptors (Lipinski definition) is 15. The van der Waals surface area contributed by atoms with E-state index in [0.29, 0.717) is 31.6 Å². The van der Waals surface area contributed by atoms with Crippen molar-refractivity contribution >= 4 is 39.5 Å². The first-order chi connectivity index (χ1) is 40.1. The molecule has 0 bridgehead atoms. The lowest BCUT2D eigenvalue weighted by molar-refractivity contribution is -0.161. The van der Waals surface area contributed by atoms with Crippen LogP contribution >= 0.6 is 15.6 Å². The maximum atomic E-state index is 13.0. The standard InChI is InChI=1S/C65H126O17P2/c1-9-58(8)44-36-28-23-24-30-38-46-63(68)76-52-61(81-64(69)47-39-31-21-15-11-13-18-26-34-42-56(4)5)54-80-84(73,74)78-50-59(66)49-77-83(71,72)79-53-60(82-65(70)48-40-32-22-16-19-27-35-43-57(6)7)51-75-62(67)45-37-29-20-14-10-12-17-25-33-41-55(2)3/h55-61,66H,9-54H2,1-8H3,(H,71,72)(H,73,74)/t58?,59-,60-,61-/m1/s1. The van der Waals surface area contributed by atoms with Crippen LogP contribution in [0.2, 0.25) is 0 Å². The Labute approximate surface area is 511 Å². The molecule has 0 aliphatic rings. The van der Waals surface area contributed by atoms with Crippen LogP contribution in [0.3, 0.4) is 0 Å². The van der Waals surface area contributed by atoms with Crippen LogP contribution in [0.15, 0.2) is 0 Å². The van der Waals surface area contributed by atoms with Gasteiger partial charge in [-0.3, -0.25) is 37.3 Å². The molecule has 0 aliphatic heterocycles. The molecule has 84 heavy (non-hydrogen) atoms. The molecule has 0 fully saturated rings. The summed E-state index contributed by atoms with van der Waals surface area (Å²) in [5, 5.41) is 10.5. The van der Waals surface area contributed by atoms with E-state index in [2.05, 4.69) is 55.4 Å². The third kappa shape index (κ3) is 57.8. The van der Waals surface area contributed by atoms with Crippen LogP contribution in [-0.4, -0.2) is 96.7 Å². The molecule has 0 spiro atoms. The van der Waals surface area contributed by atoms with Crippen LogP contribution in [0.25, 0.3) is 0 Å². The fourth-order valence-electron chi connectivity index (χ4n) is 9.57. The van der Waals surface area contributed by atoms with Gasteiger partial charge in [0.05, 0.1) is 26.4 Å². The first-order valence-electron chi connectivity index (χ1n) is 33.7. The van der Waals surface area contributed by atoms with Crippen molar-refractivity contribution in [1.29, 1.82) is 0 Å². The molecule has 3 N–H and O–H groups in total. The highest BCUT2D eigenvalue weighted by Gasteiger charge is 2.30. The van der Waals surface area contributed by atoms with E-state index < -0.39 is 97.5 Å². The van der Waals surface area contributed by atoms with Gasteiger partial charge in [0.1, 0.15) is 19.3 Å². The highest BCUT2D eigenvalue weighted by molar-refractivity contribution is 7.47. The van der Waals surface area contributed by atoms with Crippen molar-refractivity contribution in [1.82, 2.24) is 0 Å². The number of rotatable bonds is 62. The smallest absolute Gasteiger partial charge is 0.462 e. The van der Waals surface area contributed by atoms with Gasteiger partial charge in [0, 0.05) is 25.7 Å². The van der Waals surface area contributed by atoms with Crippen molar-refractivity contribution in [3.8, 4) is 0 Å².